The highest BCUT2D eigenvalue weighted by molar-refractivity contribution is 5.76. The van der Waals surface area contributed by atoms with E-state index in [-0.39, 0.29) is 23.9 Å². The summed E-state index contributed by atoms with van der Waals surface area (Å²) in [6.07, 6.45) is 6.09. The van der Waals surface area contributed by atoms with Gasteiger partial charge in [-0.25, -0.2) is 4.79 Å². The van der Waals surface area contributed by atoms with Crippen LogP contribution in [0, 0.1) is 11.8 Å². The van der Waals surface area contributed by atoms with Gasteiger partial charge in [0.05, 0.1) is 5.92 Å². The third-order valence-corrected chi connectivity index (χ3v) is 5.28. The lowest BCUT2D eigenvalue weighted by Crippen LogP contribution is -2.50. The molecule has 2 fully saturated rings. The molecule has 7 heteroatoms. The van der Waals surface area contributed by atoms with Crippen molar-refractivity contribution >= 4 is 17.9 Å². The van der Waals surface area contributed by atoms with E-state index >= 15 is 0 Å². The molecule has 3 amide bonds. The molecule has 1 aliphatic heterocycles. The molecule has 1 unspecified atom stereocenters. The molecule has 142 valence electrons. The van der Waals surface area contributed by atoms with E-state index in [1.165, 1.54) is 0 Å². The Morgan fingerprint density at radius 2 is 1.84 bits per heavy atom. The quantitative estimate of drug-likeness (QED) is 0.680. The third kappa shape index (κ3) is 6.21. The molecule has 3 N–H and O–H groups in total. The van der Waals surface area contributed by atoms with Crippen molar-refractivity contribution in [1.82, 2.24) is 15.5 Å². The van der Waals surface area contributed by atoms with E-state index in [1.54, 1.807) is 0 Å². The van der Waals surface area contributed by atoms with Crippen LogP contribution in [0.5, 0.6) is 0 Å². The van der Waals surface area contributed by atoms with Crippen molar-refractivity contribution in [2.45, 2.75) is 64.3 Å². The summed E-state index contributed by atoms with van der Waals surface area (Å²) in [5.74, 6) is -0.602. The van der Waals surface area contributed by atoms with Crippen LogP contribution in [0.4, 0.5) is 4.79 Å². The maximum atomic E-state index is 12.5. The Kier molecular flexibility index (Phi) is 7.52. The number of hydrogen-bond donors (Lipinski definition) is 3. The lowest BCUT2D eigenvalue weighted by atomic mass is 9.86. The van der Waals surface area contributed by atoms with E-state index in [0.29, 0.717) is 38.3 Å². The Bertz CT molecular complexity index is 475. The number of rotatable bonds is 6. The maximum absolute atomic E-state index is 12.5. The van der Waals surface area contributed by atoms with Gasteiger partial charge in [0.25, 0.3) is 0 Å². The van der Waals surface area contributed by atoms with Crippen LogP contribution in [0.3, 0.4) is 0 Å². The number of nitrogens with zero attached hydrogens (tertiary/aromatic N) is 1. The predicted octanol–water partition coefficient (Wildman–Crippen LogP) is 1.97. The minimum Gasteiger partial charge on any atom is -0.481 e. The summed E-state index contributed by atoms with van der Waals surface area (Å²) in [5.41, 5.74) is 0. The fourth-order valence-corrected chi connectivity index (χ4v) is 3.74. The zero-order chi connectivity index (χ0) is 18.2. The average Bonchev–Trinajstić information content (AvgIpc) is 2.61. The van der Waals surface area contributed by atoms with Gasteiger partial charge in [-0.05, 0) is 50.9 Å². The lowest BCUT2D eigenvalue weighted by molar-refractivity contribution is -0.142. The average molecular weight is 353 g/mol. The predicted molar refractivity (Wildman–Crippen MR) is 94.1 cm³/mol. The van der Waals surface area contributed by atoms with Gasteiger partial charge >= 0.3 is 12.0 Å². The first-order chi connectivity index (χ1) is 12.0. The molecule has 0 aromatic rings. The van der Waals surface area contributed by atoms with Crippen molar-refractivity contribution in [1.29, 1.82) is 0 Å². The second kappa shape index (κ2) is 9.63. The number of nitrogens with one attached hydrogen (secondary N) is 2. The molecule has 0 aromatic carbocycles. The number of carboxylic acids is 1. The van der Waals surface area contributed by atoms with Crippen molar-refractivity contribution in [3.8, 4) is 0 Å². The Morgan fingerprint density at radius 3 is 2.48 bits per heavy atom. The number of carboxylic acid groups (broad SMARTS) is 1. The number of carbonyl (C=O) groups is 3. The van der Waals surface area contributed by atoms with E-state index in [1.807, 2.05) is 11.8 Å². The minimum atomic E-state index is -0.728. The number of aliphatic carboxylic acids is 1. The van der Waals surface area contributed by atoms with Crippen LogP contribution >= 0.6 is 0 Å². The molecule has 1 heterocycles. The molecule has 0 radical (unpaired) electrons. The standard InChI is InChI=1S/C18H31N3O4/c1-2-4-16(22)19-11-13-5-3-10-21(12-13)18(25)20-15-8-6-14(7-9-15)17(23)24/h13-15H,2-12H2,1H3,(H,19,22)(H,20,25)(H,23,24). The zero-order valence-electron chi connectivity index (χ0n) is 15.1. The number of hydrogen-bond acceptors (Lipinski definition) is 3. The van der Waals surface area contributed by atoms with E-state index < -0.39 is 5.97 Å². The molecule has 1 atom stereocenters. The molecule has 1 saturated carbocycles. The van der Waals surface area contributed by atoms with Crippen molar-refractivity contribution in [2.75, 3.05) is 19.6 Å². The van der Waals surface area contributed by atoms with Crippen LogP contribution in [0.25, 0.3) is 0 Å². The molecule has 1 saturated heterocycles. The number of urea groups is 1. The van der Waals surface area contributed by atoms with E-state index in [0.717, 1.165) is 38.6 Å². The number of amides is 3. The van der Waals surface area contributed by atoms with Gasteiger partial charge in [0.1, 0.15) is 0 Å². The van der Waals surface area contributed by atoms with Crippen LogP contribution < -0.4 is 10.6 Å². The first kappa shape index (κ1) is 19.5. The first-order valence-corrected chi connectivity index (χ1v) is 9.54. The third-order valence-electron chi connectivity index (χ3n) is 5.28. The number of likely N-dealkylation sites (tertiary alicyclic amines) is 1. The van der Waals surface area contributed by atoms with Crippen LogP contribution in [0.1, 0.15) is 58.3 Å². The molecule has 0 spiro atoms. The van der Waals surface area contributed by atoms with Gasteiger partial charge in [0.15, 0.2) is 0 Å². The molecular formula is C18H31N3O4. The van der Waals surface area contributed by atoms with Gasteiger partial charge in [-0.3, -0.25) is 9.59 Å². The highest BCUT2D eigenvalue weighted by Gasteiger charge is 2.29. The van der Waals surface area contributed by atoms with Gasteiger partial charge in [-0.15, -0.1) is 0 Å². The summed E-state index contributed by atoms with van der Waals surface area (Å²) in [6.45, 7) is 4.03. The summed E-state index contributed by atoms with van der Waals surface area (Å²) in [6, 6.07) is 0.0242. The Balaban J connectivity index is 1.72. The van der Waals surface area contributed by atoms with Gasteiger partial charge in [-0.1, -0.05) is 6.92 Å². The maximum Gasteiger partial charge on any atom is 0.317 e. The lowest BCUT2D eigenvalue weighted by Gasteiger charge is -2.35. The summed E-state index contributed by atoms with van der Waals surface area (Å²) in [7, 11) is 0. The zero-order valence-corrected chi connectivity index (χ0v) is 15.1. The molecule has 0 aromatic heterocycles. The van der Waals surface area contributed by atoms with E-state index in [4.69, 9.17) is 5.11 Å². The van der Waals surface area contributed by atoms with Crippen LogP contribution in [0.15, 0.2) is 0 Å². The monoisotopic (exact) mass is 353 g/mol. The van der Waals surface area contributed by atoms with Crippen LogP contribution in [-0.2, 0) is 9.59 Å². The molecule has 1 aliphatic carbocycles. The summed E-state index contributed by atoms with van der Waals surface area (Å²) >= 11 is 0. The second-order valence-electron chi connectivity index (χ2n) is 7.34. The Labute approximate surface area is 149 Å². The normalized spacial score (nSPS) is 26.8. The van der Waals surface area contributed by atoms with E-state index in [9.17, 15) is 14.4 Å². The summed E-state index contributed by atoms with van der Waals surface area (Å²) in [5, 5.41) is 15.1. The highest BCUT2D eigenvalue weighted by Crippen LogP contribution is 2.25. The number of piperidine rings is 1. The van der Waals surface area contributed by atoms with E-state index in [2.05, 4.69) is 10.6 Å². The van der Waals surface area contributed by atoms with Crippen molar-refractivity contribution in [3.05, 3.63) is 0 Å². The van der Waals surface area contributed by atoms with Gasteiger partial charge in [0.2, 0.25) is 5.91 Å². The van der Waals surface area contributed by atoms with Crippen molar-refractivity contribution in [2.24, 2.45) is 11.8 Å². The molecule has 2 aliphatic rings. The van der Waals surface area contributed by atoms with Crippen LogP contribution in [0.2, 0.25) is 0 Å². The fraction of sp³-hybridized carbons (Fsp3) is 0.833. The van der Waals surface area contributed by atoms with Gasteiger partial charge in [0, 0.05) is 32.1 Å². The van der Waals surface area contributed by atoms with Gasteiger partial charge < -0.3 is 20.6 Å². The molecular weight excluding hydrogens is 322 g/mol. The number of carbonyl (C=O) groups excluding carboxylic acids is 2. The molecule has 2 rings (SSSR count). The molecule has 7 nitrogen and oxygen atoms in total. The van der Waals surface area contributed by atoms with Crippen molar-refractivity contribution < 1.29 is 19.5 Å². The first-order valence-electron chi connectivity index (χ1n) is 9.54. The fourth-order valence-electron chi connectivity index (χ4n) is 3.74. The summed E-state index contributed by atoms with van der Waals surface area (Å²) < 4.78 is 0. The highest BCUT2D eigenvalue weighted by atomic mass is 16.4. The second-order valence-corrected chi connectivity index (χ2v) is 7.34. The Hall–Kier alpha value is -1.79. The van der Waals surface area contributed by atoms with Crippen LogP contribution in [-0.4, -0.2) is 53.6 Å². The minimum absolute atomic E-state index is 0.0524. The SMILES string of the molecule is CCCC(=O)NCC1CCCN(C(=O)NC2CCC(C(=O)O)CC2)C1. The van der Waals surface area contributed by atoms with Crippen molar-refractivity contribution in [3.63, 3.8) is 0 Å². The largest absolute Gasteiger partial charge is 0.481 e. The Morgan fingerprint density at radius 1 is 1.12 bits per heavy atom. The topological polar surface area (TPSA) is 98.7 Å². The summed E-state index contributed by atoms with van der Waals surface area (Å²) in [4.78, 5) is 36.9. The molecule has 25 heavy (non-hydrogen) atoms. The van der Waals surface area contributed by atoms with Gasteiger partial charge in [-0.2, -0.15) is 0 Å². The smallest absolute Gasteiger partial charge is 0.317 e. The molecule has 0 bridgehead atoms.